The second-order valence-electron chi connectivity index (χ2n) is 6.12. The summed E-state index contributed by atoms with van der Waals surface area (Å²) >= 11 is 0. The van der Waals surface area contributed by atoms with Gasteiger partial charge in [-0.3, -0.25) is 9.59 Å². The predicted octanol–water partition coefficient (Wildman–Crippen LogP) is 1.44. The Labute approximate surface area is 146 Å². The summed E-state index contributed by atoms with van der Waals surface area (Å²) in [4.78, 5) is 26.8. The summed E-state index contributed by atoms with van der Waals surface area (Å²) < 4.78 is 5.15. The van der Waals surface area contributed by atoms with Gasteiger partial charge in [0.2, 0.25) is 0 Å². The van der Waals surface area contributed by atoms with Crippen molar-refractivity contribution in [2.24, 2.45) is 0 Å². The quantitative estimate of drug-likeness (QED) is 0.881. The predicted molar refractivity (Wildman–Crippen MR) is 92.5 cm³/mol. The maximum Gasteiger partial charge on any atom is 0.259 e. The maximum absolute atomic E-state index is 13.1. The molecule has 0 saturated carbocycles. The summed E-state index contributed by atoms with van der Waals surface area (Å²) in [6.07, 6.45) is 0. The lowest BCUT2D eigenvalue weighted by atomic mass is 9.99. The van der Waals surface area contributed by atoms with Crippen LogP contribution < -0.4 is 10.6 Å². The lowest BCUT2D eigenvalue weighted by Gasteiger charge is -2.36. The van der Waals surface area contributed by atoms with Crippen molar-refractivity contribution in [1.82, 2.24) is 20.7 Å². The second kappa shape index (κ2) is 7.06. The smallest absolute Gasteiger partial charge is 0.259 e. The number of hydrogen-bond donors (Lipinski definition) is 2. The molecule has 1 fully saturated rings. The summed E-state index contributed by atoms with van der Waals surface area (Å²) in [5.41, 5.74) is 2.62. The van der Waals surface area contributed by atoms with Crippen molar-refractivity contribution in [1.29, 1.82) is 0 Å². The van der Waals surface area contributed by atoms with Gasteiger partial charge in [-0.05, 0) is 31.5 Å². The topological polar surface area (TPSA) is 87.5 Å². The summed E-state index contributed by atoms with van der Waals surface area (Å²) in [6, 6.07) is 7.23. The summed E-state index contributed by atoms with van der Waals surface area (Å²) in [7, 11) is 1.60. The molecule has 1 atom stereocenters. The zero-order chi connectivity index (χ0) is 18.0. The van der Waals surface area contributed by atoms with E-state index in [4.69, 9.17) is 4.52 Å². The molecule has 1 aliphatic heterocycles. The van der Waals surface area contributed by atoms with E-state index in [2.05, 4.69) is 15.8 Å². The van der Waals surface area contributed by atoms with Crippen molar-refractivity contribution in [2.75, 3.05) is 26.7 Å². The van der Waals surface area contributed by atoms with Crippen molar-refractivity contribution in [3.8, 4) is 0 Å². The molecule has 7 heteroatoms. The molecular formula is C18H22N4O3. The van der Waals surface area contributed by atoms with E-state index in [0.717, 1.165) is 12.1 Å². The fourth-order valence-electron chi connectivity index (χ4n) is 3.21. The third-order valence-corrected chi connectivity index (χ3v) is 4.51. The average molecular weight is 342 g/mol. The first kappa shape index (κ1) is 17.2. The Bertz CT molecular complexity index is 780. The molecule has 7 nitrogen and oxygen atoms in total. The Morgan fingerprint density at radius 1 is 1.36 bits per heavy atom. The first-order valence-electron chi connectivity index (χ1n) is 8.29. The minimum Gasteiger partial charge on any atom is -0.361 e. The molecule has 2 heterocycles. The molecule has 1 aliphatic rings. The van der Waals surface area contributed by atoms with E-state index in [1.807, 2.05) is 23.1 Å². The van der Waals surface area contributed by atoms with Crippen LogP contribution in [0.5, 0.6) is 0 Å². The Balaban J connectivity index is 1.94. The van der Waals surface area contributed by atoms with Crippen LogP contribution in [0, 0.1) is 13.8 Å². The van der Waals surface area contributed by atoms with Crippen molar-refractivity contribution >= 4 is 11.8 Å². The summed E-state index contributed by atoms with van der Waals surface area (Å²) in [6.45, 7) is 5.45. The molecular weight excluding hydrogens is 320 g/mol. The number of aromatic nitrogens is 1. The van der Waals surface area contributed by atoms with Crippen molar-refractivity contribution in [2.45, 2.75) is 19.9 Å². The van der Waals surface area contributed by atoms with Crippen LogP contribution in [0.25, 0.3) is 0 Å². The lowest BCUT2D eigenvalue weighted by molar-refractivity contribution is 0.0632. The monoisotopic (exact) mass is 342 g/mol. The molecule has 0 radical (unpaired) electrons. The minimum atomic E-state index is -0.153. The van der Waals surface area contributed by atoms with Crippen LogP contribution in [-0.2, 0) is 0 Å². The molecule has 1 aromatic heterocycles. The van der Waals surface area contributed by atoms with Crippen LogP contribution in [0.15, 0.2) is 28.8 Å². The number of rotatable bonds is 3. The first-order valence-corrected chi connectivity index (χ1v) is 8.29. The molecule has 0 aliphatic carbocycles. The zero-order valence-electron chi connectivity index (χ0n) is 14.6. The van der Waals surface area contributed by atoms with Gasteiger partial charge in [-0.2, -0.15) is 0 Å². The third-order valence-electron chi connectivity index (χ3n) is 4.51. The molecule has 1 saturated heterocycles. The van der Waals surface area contributed by atoms with Gasteiger partial charge in [0.1, 0.15) is 11.3 Å². The molecule has 2 amide bonds. The van der Waals surface area contributed by atoms with E-state index < -0.39 is 0 Å². The molecule has 25 heavy (non-hydrogen) atoms. The summed E-state index contributed by atoms with van der Waals surface area (Å²) in [5, 5.41) is 9.84. The van der Waals surface area contributed by atoms with Gasteiger partial charge in [0.05, 0.1) is 11.7 Å². The Morgan fingerprint density at radius 2 is 2.16 bits per heavy atom. The summed E-state index contributed by atoms with van der Waals surface area (Å²) in [5.74, 6) is 0.293. The molecule has 0 spiro atoms. The SMILES string of the molecule is CNC(=O)c1cccc([C@@H]2CNCCN2C(=O)c2c(C)noc2C)c1. The van der Waals surface area contributed by atoms with E-state index in [1.165, 1.54) is 0 Å². The lowest BCUT2D eigenvalue weighted by Crippen LogP contribution is -2.49. The molecule has 2 aromatic rings. The number of carbonyl (C=O) groups is 2. The number of benzene rings is 1. The van der Waals surface area contributed by atoms with Crippen LogP contribution in [0.1, 0.15) is 43.8 Å². The number of carbonyl (C=O) groups excluding carboxylic acids is 2. The number of nitrogens with zero attached hydrogens (tertiary/aromatic N) is 2. The number of amides is 2. The molecule has 2 N–H and O–H groups in total. The van der Waals surface area contributed by atoms with Gasteiger partial charge in [0, 0.05) is 32.2 Å². The fourth-order valence-corrected chi connectivity index (χ4v) is 3.21. The van der Waals surface area contributed by atoms with E-state index >= 15 is 0 Å². The second-order valence-corrected chi connectivity index (χ2v) is 6.12. The van der Waals surface area contributed by atoms with Gasteiger partial charge < -0.3 is 20.1 Å². The van der Waals surface area contributed by atoms with Crippen LogP contribution in [0.3, 0.4) is 0 Å². The minimum absolute atomic E-state index is 0.0897. The standard InChI is InChI=1S/C18H22N4O3/c1-11-16(12(2)25-21-11)18(24)22-8-7-20-10-15(22)13-5-4-6-14(9-13)17(23)19-3/h4-6,9,15,20H,7-8,10H2,1-3H3,(H,19,23)/t15-/m0/s1. The Hall–Kier alpha value is -2.67. The third kappa shape index (κ3) is 3.28. The van der Waals surface area contributed by atoms with Crippen molar-refractivity contribution in [3.05, 3.63) is 52.4 Å². The van der Waals surface area contributed by atoms with E-state index in [9.17, 15) is 9.59 Å². The van der Waals surface area contributed by atoms with Gasteiger partial charge in [-0.25, -0.2) is 0 Å². The van der Waals surface area contributed by atoms with Crippen LogP contribution >= 0.6 is 0 Å². The highest BCUT2D eigenvalue weighted by atomic mass is 16.5. The molecule has 1 aromatic carbocycles. The Kier molecular flexibility index (Phi) is 4.85. The highest BCUT2D eigenvalue weighted by Gasteiger charge is 2.32. The van der Waals surface area contributed by atoms with E-state index in [0.29, 0.717) is 35.7 Å². The van der Waals surface area contributed by atoms with Gasteiger partial charge in [0.25, 0.3) is 11.8 Å². The average Bonchev–Trinajstić information content (AvgIpc) is 2.99. The maximum atomic E-state index is 13.1. The molecule has 132 valence electrons. The van der Waals surface area contributed by atoms with Crippen LogP contribution in [0.4, 0.5) is 0 Å². The number of aryl methyl sites for hydroxylation is 2. The van der Waals surface area contributed by atoms with Crippen molar-refractivity contribution in [3.63, 3.8) is 0 Å². The van der Waals surface area contributed by atoms with Crippen LogP contribution in [-0.4, -0.2) is 48.6 Å². The van der Waals surface area contributed by atoms with Gasteiger partial charge in [-0.1, -0.05) is 17.3 Å². The highest BCUT2D eigenvalue weighted by molar-refractivity contribution is 5.97. The van der Waals surface area contributed by atoms with Gasteiger partial charge in [0.15, 0.2) is 0 Å². The van der Waals surface area contributed by atoms with E-state index in [1.54, 1.807) is 27.0 Å². The molecule has 3 rings (SSSR count). The van der Waals surface area contributed by atoms with Crippen molar-refractivity contribution < 1.29 is 14.1 Å². The fraction of sp³-hybridized carbons (Fsp3) is 0.389. The largest absolute Gasteiger partial charge is 0.361 e. The molecule has 0 bridgehead atoms. The normalized spacial score (nSPS) is 17.4. The number of piperazine rings is 1. The first-order chi connectivity index (χ1) is 12.0. The molecule has 0 unspecified atom stereocenters. The van der Waals surface area contributed by atoms with E-state index in [-0.39, 0.29) is 17.9 Å². The van der Waals surface area contributed by atoms with Gasteiger partial charge in [-0.15, -0.1) is 0 Å². The van der Waals surface area contributed by atoms with Gasteiger partial charge >= 0.3 is 0 Å². The zero-order valence-corrected chi connectivity index (χ0v) is 14.6. The number of nitrogens with one attached hydrogen (secondary N) is 2. The Morgan fingerprint density at radius 3 is 2.84 bits per heavy atom. The number of hydrogen-bond acceptors (Lipinski definition) is 5. The van der Waals surface area contributed by atoms with Crippen LogP contribution in [0.2, 0.25) is 0 Å². The highest BCUT2D eigenvalue weighted by Crippen LogP contribution is 2.26.